The molecule has 21 heavy (non-hydrogen) atoms. The number of para-hydroxylation sites is 1. The molecule has 2 aromatic heterocycles. The number of pyridine rings is 1. The lowest BCUT2D eigenvalue weighted by Gasteiger charge is -2.06. The minimum absolute atomic E-state index is 0.295. The van der Waals surface area contributed by atoms with Gasteiger partial charge < -0.3 is 5.32 Å². The average molecular weight is 283 g/mol. The maximum atomic E-state index is 13.4. The number of aryl methyl sites for hydroxylation is 1. The third kappa shape index (κ3) is 2.50. The van der Waals surface area contributed by atoms with Gasteiger partial charge in [0.15, 0.2) is 0 Å². The molecule has 0 saturated carbocycles. The summed E-state index contributed by atoms with van der Waals surface area (Å²) in [6, 6.07) is 12.0. The summed E-state index contributed by atoms with van der Waals surface area (Å²) < 4.78 is 14.9. The average Bonchev–Trinajstić information content (AvgIpc) is 2.86. The van der Waals surface area contributed by atoms with Crippen LogP contribution in [0.3, 0.4) is 0 Å². The lowest BCUT2D eigenvalue weighted by atomic mass is 10.2. The summed E-state index contributed by atoms with van der Waals surface area (Å²) in [5.41, 5.74) is 2.27. The second-order valence-corrected chi connectivity index (χ2v) is 4.66. The van der Waals surface area contributed by atoms with E-state index in [0.717, 1.165) is 0 Å². The fourth-order valence-corrected chi connectivity index (χ4v) is 2.27. The summed E-state index contributed by atoms with van der Waals surface area (Å²) in [7, 11) is 0. The molecule has 5 heteroatoms. The molecule has 1 amide bonds. The highest BCUT2D eigenvalue weighted by Gasteiger charge is 2.18. The van der Waals surface area contributed by atoms with Gasteiger partial charge in [0.2, 0.25) is 0 Å². The van der Waals surface area contributed by atoms with Crippen LogP contribution < -0.4 is 5.32 Å². The highest BCUT2D eigenvalue weighted by molar-refractivity contribution is 6.04. The smallest absolute Gasteiger partial charge is 0.274 e. The number of imidazole rings is 1. The van der Waals surface area contributed by atoms with Crippen molar-refractivity contribution in [2.24, 2.45) is 0 Å². The number of hydrogen-bond donors (Lipinski definition) is 1. The van der Waals surface area contributed by atoms with Gasteiger partial charge in [-0.3, -0.25) is 9.20 Å². The van der Waals surface area contributed by atoms with E-state index in [0.29, 0.717) is 29.1 Å². The molecule has 2 heterocycles. The van der Waals surface area contributed by atoms with Crippen molar-refractivity contribution >= 4 is 17.2 Å². The van der Waals surface area contributed by atoms with E-state index >= 15 is 0 Å². The largest absolute Gasteiger partial charge is 0.321 e. The van der Waals surface area contributed by atoms with Crippen LogP contribution in [0.2, 0.25) is 0 Å². The number of benzene rings is 1. The van der Waals surface area contributed by atoms with E-state index in [9.17, 15) is 9.18 Å². The van der Waals surface area contributed by atoms with Crippen LogP contribution in [0.15, 0.2) is 48.7 Å². The molecular formula is C16H14FN3O. The van der Waals surface area contributed by atoms with Crippen molar-refractivity contribution in [3.05, 3.63) is 65.9 Å². The Morgan fingerprint density at radius 1 is 1.24 bits per heavy atom. The SMILES string of the molecule is CCc1nc2ccc(F)cn2c1C(=O)Nc1ccccc1. The number of amides is 1. The van der Waals surface area contributed by atoms with Gasteiger partial charge in [-0.15, -0.1) is 0 Å². The van der Waals surface area contributed by atoms with Crippen LogP contribution in [0.5, 0.6) is 0 Å². The van der Waals surface area contributed by atoms with Crippen molar-refractivity contribution in [2.75, 3.05) is 5.32 Å². The van der Waals surface area contributed by atoms with E-state index in [4.69, 9.17) is 0 Å². The highest BCUT2D eigenvalue weighted by atomic mass is 19.1. The van der Waals surface area contributed by atoms with Gasteiger partial charge in [-0.25, -0.2) is 9.37 Å². The van der Waals surface area contributed by atoms with Crippen molar-refractivity contribution < 1.29 is 9.18 Å². The summed E-state index contributed by atoms with van der Waals surface area (Å²) >= 11 is 0. The minimum Gasteiger partial charge on any atom is -0.321 e. The van der Waals surface area contributed by atoms with Crippen LogP contribution >= 0.6 is 0 Å². The first-order chi connectivity index (χ1) is 10.2. The number of carbonyl (C=O) groups is 1. The maximum absolute atomic E-state index is 13.4. The molecule has 3 rings (SSSR count). The van der Waals surface area contributed by atoms with Gasteiger partial charge in [0.05, 0.1) is 5.69 Å². The van der Waals surface area contributed by atoms with Crippen LogP contribution in [-0.4, -0.2) is 15.3 Å². The van der Waals surface area contributed by atoms with Crippen molar-refractivity contribution in [3.8, 4) is 0 Å². The molecular weight excluding hydrogens is 269 g/mol. The lowest BCUT2D eigenvalue weighted by Crippen LogP contribution is -2.16. The molecule has 1 aromatic carbocycles. The topological polar surface area (TPSA) is 46.4 Å². The predicted octanol–water partition coefficient (Wildman–Crippen LogP) is 3.29. The Balaban J connectivity index is 2.06. The molecule has 0 unspecified atom stereocenters. The zero-order valence-electron chi connectivity index (χ0n) is 11.5. The minimum atomic E-state index is -0.406. The number of carbonyl (C=O) groups excluding carboxylic acids is 1. The molecule has 0 aliphatic rings. The first-order valence-electron chi connectivity index (χ1n) is 6.72. The first kappa shape index (κ1) is 13.3. The monoisotopic (exact) mass is 283 g/mol. The van der Waals surface area contributed by atoms with E-state index in [-0.39, 0.29) is 5.91 Å². The standard InChI is InChI=1S/C16H14FN3O/c1-2-13-15(16(21)18-12-6-4-3-5-7-12)20-10-11(17)8-9-14(20)19-13/h3-10H,2H2,1H3,(H,18,21). The highest BCUT2D eigenvalue weighted by Crippen LogP contribution is 2.16. The second-order valence-electron chi connectivity index (χ2n) is 4.66. The summed E-state index contributed by atoms with van der Waals surface area (Å²) in [6.45, 7) is 1.91. The van der Waals surface area contributed by atoms with Crippen molar-refractivity contribution in [1.29, 1.82) is 0 Å². The van der Waals surface area contributed by atoms with Gasteiger partial charge in [-0.2, -0.15) is 0 Å². The fraction of sp³-hybridized carbons (Fsp3) is 0.125. The van der Waals surface area contributed by atoms with Crippen molar-refractivity contribution in [3.63, 3.8) is 0 Å². The summed E-state index contributed by atoms with van der Waals surface area (Å²) in [5, 5.41) is 2.81. The summed E-state index contributed by atoms with van der Waals surface area (Å²) in [5.74, 6) is -0.701. The number of aromatic nitrogens is 2. The number of rotatable bonds is 3. The molecule has 3 aromatic rings. The molecule has 0 aliphatic carbocycles. The van der Waals surface area contributed by atoms with Crippen LogP contribution in [0.1, 0.15) is 23.1 Å². The molecule has 0 fully saturated rings. The molecule has 0 aliphatic heterocycles. The van der Waals surface area contributed by atoms with Gasteiger partial charge >= 0.3 is 0 Å². The quantitative estimate of drug-likeness (QED) is 0.801. The Morgan fingerprint density at radius 2 is 2.00 bits per heavy atom. The van der Waals surface area contributed by atoms with Crippen LogP contribution in [-0.2, 0) is 6.42 Å². The number of nitrogens with one attached hydrogen (secondary N) is 1. The predicted molar refractivity (Wildman–Crippen MR) is 78.9 cm³/mol. The number of fused-ring (bicyclic) bond motifs is 1. The van der Waals surface area contributed by atoms with E-state index in [2.05, 4.69) is 10.3 Å². The molecule has 0 saturated heterocycles. The molecule has 0 bridgehead atoms. The molecule has 4 nitrogen and oxygen atoms in total. The normalized spacial score (nSPS) is 10.8. The van der Waals surface area contributed by atoms with Gasteiger partial charge in [0, 0.05) is 11.9 Å². The first-order valence-corrected chi connectivity index (χ1v) is 6.72. The number of nitrogens with zero attached hydrogens (tertiary/aromatic N) is 2. The third-order valence-corrected chi connectivity index (χ3v) is 3.24. The fourth-order valence-electron chi connectivity index (χ4n) is 2.27. The maximum Gasteiger partial charge on any atom is 0.274 e. The molecule has 106 valence electrons. The molecule has 0 radical (unpaired) electrons. The van der Waals surface area contributed by atoms with E-state index in [1.54, 1.807) is 18.2 Å². The van der Waals surface area contributed by atoms with Gasteiger partial charge in [-0.05, 0) is 30.7 Å². The van der Waals surface area contributed by atoms with Crippen molar-refractivity contribution in [1.82, 2.24) is 9.38 Å². The molecule has 0 spiro atoms. The van der Waals surface area contributed by atoms with E-state index in [1.165, 1.54) is 16.7 Å². The summed E-state index contributed by atoms with van der Waals surface area (Å²) in [6.07, 6.45) is 1.88. The zero-order valence-corrected chi connectivity index (χ0v) is 11.5. The van der Waals surface area contributed by atoms with E-state index < -0.39 is 5.82 Å². The molecule has 1 N–H and O–H groups in total. The van der Waals surface area contributed by atoms with Crippen molar-refractivity contribution in [2.45, 2.75) is 13.3 Å². The Labute approximate surface area is 121 Å². The van der Waals surface area contributed by atoms with Gasteiger partial charge in [-0.1, -0.05) is 25.1 Å². The number of halogens is 1. The Kier molecular flexibility index (Phi) is 3.39. The van der Waals surface area contributed by atoms with Gasteiger partial charge in [0.1, 0.15) is 17.2 Å². The number of hydrogen-bond acceptors (Lipinski definition) is 2. The van der Waals surface area contributed by atoms with Gasteiger partial charge in [0.25, 0.3) is 5.91 Å². The Hall–Kier alpha value is -2.69. The third-order valence-electron chi connectivity index (χ3n) is 3.24. The van der Waals surface area contributed by atoms with Crippen LogP contribution in [0.25, 0.3) is 5.65 Å². The molecule has 0 atom stereocenters. The summed E-state index contributed by atoms with van der Waals surface area (Å²) in [4.78, 5) is 16.9. The second kappa shape index (κ2) is 5.36. The Morgan fingerprint density at radius 3 is 2.71 bits per heavy atom. The lowest BCUT2D eigenvalue weighted by molar-refractivity contribution is 0.102. The number of anilines is 1. The van der Waals surface area contributed by atoms with Crippen LogP contribution in [0, 0.1) is 5.82 Å². The zero-order chi connectivity index (χ0) is 14.8. The van der Waals surface area contributed by atoms with Crippen LogP contribution in [0.4, 0.5) is 10.1 Å². The Bertz CT molecular complexity index is 796. The van der Waals surface area contributed by atoms with E-state index in [1.807, 2.05) is 25.1 Å².